The van der Waals surface area contributed by atoms with Crippen LogP contribution in [-0.4, -0.2) is 112 Å². The molecule has 1 saturated heterocycles. The molecule has 13 nitrogen and oxygen atoms in total. The number of ether oxygens (including phenoxy) is 1. The Morgan fingerprint density at radius 1 is 0.915 bits per heavy atom. The lowest BCUT2D eigenvalue weighted by Gasteiger charge is -2.39. The highest BCUT2D eigenvalue weighted by Crippen LogP contribution is 2.36. The number of carboxylic acid groups (broad SMARTS) is 1. The van der Waals surface area contributed by atoms with Gasteiger partial charge in [0.2, 0.25) is 5.91 Å². The van der Waals surface area contributed by atoms with Gasteiger partial charge in [0.25, 0.3) is 0 Å². The first kappa shape index (κ1) is 52.2. The van der Waals surface area contributed by atoms with Gasteiger partial charge in [-0.3, -0.25) is 24.8 Å². The summed E-state index contributed by atoms with van der Waals surface area (Å²) in [5.41, 5.74) is 5.43. The number of alkyl halides is 3. The fourth-order valence-corrected chi connectivity index (χ4v) is 8.27. The molecular formula is C43H76F3N5O8. The first-order valence-electron chi connectivity index (χ1n) is 22.5. The molecule has 0 bridgehead atoms. The second-order valence-electron chi connectivity index (χ2n) is 16.6. The standard InChI is InChI=1S/C41H75N5O6.C2HF3O2/c1-3-34(48)22-16-15-21-32-30-33-25-26-36-38(35(23-18-20-31(2)47)45-41(44-32)46(33)36)40(51)52-29-17-13-11-9-7-5-4-6-8-10-12-14-24-37(49)39(50)43-28-19-27-42;3-2(4,5)1(6)7/h16,22,31-38,47-49H,3-15,17-21,23-30,42H2,1-2H3,(H2,43,44,45,50);(H,6,7)/b22-16-;/t31-,32?,33+,34+,35?,36-,37-,38-;/m0./s1. The number of nitrogens with two attached hydrogens (primary N) is 1. The van der Waals surface area contributed by atoms with E-state index in [9.17, 15) is 38.1 Å². The van der Waals surface area contributed by atoms with Gasteiger partial charge in [0.1, 0.15) is 18.0 Å². The molecule has 0 saturated carbocycles. The molecule has 0 aromatic heterocycles. The summed E-state index contributed by atoms with van der Waals surface area (Å²) in [6.07, 6.45) is 20.4. The fourth-order valence-electron chi connectivity index (χ4n) is 8.27. The largest absolute Gasteiger partial charge is 0.542 e. The number of carbonyl (C=O) groups is 3. The molecule has 2 unspecified atom stereocenters. The lowest BCUT2D eigenvalue weighted by molar-refractivity contribution is -0.598. The molecule has 8 N–H and O–H groups in total. The third-order valence-corrected chi connectivity index (χ3v) is 11.6. The van der Waals surface area contributed by atoms with Gasteiger partial charge in [-0.1, -0.05) is 89.7 Å². The van der Waals surface area contributed by atoms with Crippen molar-refractivity contribution in [1.82, 2.24) is 16.0 Å². The second-order valence-corrected chi connectivity index (χ2v) is 16.6. The number of amides is 1. The molecule has 3 rings (SSSR count). The maximum atomic E-state index is 13.7. The number of nitrogens with zero attached hydrogens (tertiary/aromatic N) is 1. The van der Waals surface area contributed by atoms with Gasteiger partial charge in [-0.25, -0.2) is 0 Å². The molecule has 0 radical (unpaired) electrons. The summed E-state index contributed by atoms with van der Waals surface area (Å²) in [7, 11) is 0. The second kappa shape index (κ2) is 29.3. The molecule has 1 fully saturated rings. The van der Waals surface area contributed by atoms with E-state index < -0.39 is 18.2 Å². The monoisotopic (exact) mass is 848 g/mol. The summed E-state index contributed by atoms with van der Waals surface area (Å²) in [5.74, 6) is -2.49. The van der Waals surface area contributed by atoms with Crippen molar-refractivity contribution in [1.29, 1.82) is 0 Å². The van der Waals surface area contributed by atoms with Crippen LogP contribution in [0.2, 0.25) is 0 Å². The van der Waals surface area contributed by atoms with Crippen LogP contribution in [0.4, 0.5) is 13.2 Å². The normalized spacial score (nSPS) is 22.7. The Hall–Kier alpha value is -2.95. The van der Waals surface area contributed by atoms with Gasteiger partial charge < -0.3 is 41.0 Å². The smallest absolute Gasteiger partial charge is 0.430 e. The van der Waals surface area contributed by atoms with E-state index in [4.69, 9.17) is 20.4 Å². The van der Waals surface area contributed by atoms with Crippen LogP contribution in [0.15, 0.2) is 12.2 Å². The number of allylic oxidation sites excluding steroid dienone is 1. The topological polar surface area (TPSA) is 209 Å². The van der Waals surface area contributed by atoms with Crippen molar-refractivity contribution < 1.29 is 57.3 Å². The van der Waals surface area contributed by atoms with Crippen molar-refractivity contribution in [2.75, 3.05) is 19.7 Å². The average molecular weight is 848 g/mol. The van der Waals surface area contributed by atoms with Gasteiger partial charge >= 0.3 is 18.1 Å². The zero-order chi connectivity index (χ0) is 43.6. The lowest BCUT2D eigenvalue weighted by Crippen LogP contribution is -2.66. The van der Waals surface area contributed by atoms with E-state index in [-0.39, 0.29) is 42.1 Å². The number of aliphatic hydroxyl groups excluding tert-OH is 3. The van der Waals surface area contributed by atoms with E-state index >= 15 is 0 Å². The van der Waals surface area contributed by atoms with Crippen molar-refractivity contribution in [3.63, 3.8) is 0 Å². The molecule has 3 aliphatic rings. The molecule has 8 atom stereocenters. The number of carboxylic acids is 1. The number of rotatable bonds is 29. The molecule has 1 amide bonds. The van der Waals surface area contributed by atoms with E-state index in [0.717, 1.165) is 102 Å². The maximum absolute atomic E-state index is 13.7. The number of carbonyl (C=O) groups excluding carboxylic acids is 3. The number of aliphatic carboxylic acids is 1. The van der Waals surface area contributed by atoms with Gasteiger partial charge in [0.05, 0.1) is 43.0 Å². The number of hydrogen-bond acceptors (Lipinski definition) is 11. The van der Waals surface area contributed by atoms with E-state index in [1.807, 2.05) is 19.9 Å². The van der Waals surface area contributed by atoms with Gasteiger partial charge in [-0.05, 0) is 84.1 Å². The lowest BCUT2D eigenvalue weighted by atomic mass is 9.85. The Balaban J connectivity index is 0.00000157. The third kappa shape index (κ3) is 20.9. The van der Waals surface area contributed by atoms with Crippen molar-refractivity contribution in [2.24, 2.45) is 11.7 Å². The molecular weight excluding hydrogens is 771 g/mol. The molecule has 59 heavy (non-hydrogen) atoms. The average Bonchev–Trinajstić information content (AvgIpc) is 3.61. The zero-order valence-corrected chi connectivity index (χ0v) is 35.7. The Labute approximate surface area is 350 Å². The van der Waals surface area contributed by atoms with Crippen molar-refractivity contribution in [3.8, 4) is 0 Å². The SMILES string of the molecule is CC[C@@H](O)/C=C\CCC1C[C@H]2CC[C@H]3[C@@H](C(=O)OCCCCCCCCCCCCCC[C@H](O)C(=O)NCCCN)C(CCC[C@H](C)O)NC(=[N+]23)N1.O=C([O-])C(F)(F)F. The van der Waals surface area contributed by atoms with Gasteiger partial charge in [-0.15, -0.1) is 0 Å². The summed E-state index contributed by atoms with van der Waals surface area (Å²) < 4.78 is 40.0. The highest BCUT2D eigenvalue weighted by atomic mass is 19.4. The first-order chi connectivity index (χ1) is 28.2. The number of guanidine groups is 1. The molecule has 0 spiro atoms. The summed E-state index contributed by atoms with van der Waals surface area (Å²) in [5, 5.41) is 48.7. The molecule has 0 aromatic carbocycles. The summed E-state index contributed by atoms with van der Waals surface area (Å²) in [6, 6.07) is 0.931. The molecule has 0 aromatic rings. The van der Waals surface area contributed by atoms with E-state index in [1.165, 1.54) is 44.9 Å². The van der Waals surface area contributed by atoms with Crippen LogP contribution >= 0.6 is 0 Å². The van der Waals surface area contributed by atoms with Crippen LogP contribution in [0.25, 0.3) is 0 Å². The molecule has 3 aliphatic heterocycles. The van der Waals surface area contributed by atoms with Gasteiger partial charge in [-0.2, -0.15) is 13.2 Å². The highest BCUT2D eigenvalue weighted by molar-refractivity contribution is 5.81. The van der Waals surface area contributed by atoms with Crippen molar-refractivity contribution in [3.05, 3.63) is 12.2 Å². The van der Waals surface area contributed by atoms with Crippen LogP contribution in [0.1, 0.15) is 162 Å². The predicted octanol–water partition coefficient (Wildman–Crippen LogP) is 4.23. The van der Waals surface area contributed by atoms with Crippen molar-refractivity contribution in [2.45, 2.75) is 210 Å². The summed E-state index contributed by atoms with van der Waals surface area (Å²) in [4.78, 5) is 34.3. The van der Waals surface area contributed by atoms with Crippen LogP contribution in [0.3, 0.4) is 0 Å². The number of esters is 1. The maximum Gasteiger partial charge on any atom is 0.430 e. The zero-order valence-electron chi connectivity index (χ0n) is 35.7. The number of unbranched alkanes of at least 4 members (excludes halogenated alkanes) is 11. The Morgan fingerprint density at radius 2 is 1.53 bits per heavy atom. The summed E-state index contributed by atoms with van der Waals surface area (Å²) in [6.45, 7) is 5.37. The minimum absolute atomic E-state index is 0.00938. The van der Waals surface area contributed by atoms with E-state index in [1.54, 1.807) is 0 Å². The molecule has 0 aliphatic carbocycles. The minimum Gasteiger partial charge on any atom is -0.542 e. The number of aliphatic hydroxyl groups is 3. The molecule has 16 heteroatoms. The third-order valence-electron chi connectivity index (χ3n) is 11.6. The fraction of sp³-hybridized carbons (Fsp3) is 0.860. The quantitative estimate of drug-likeness (QED) is 0.0245. The highest BCUT2D eigenvalue weighted by Gasteiger charge is 2.53. The van der Waals surface area contributed by atoms with E-state index in [2.05, 4.69) is 26.6 Å². The Kier molecular flexibility index (Phi) is 25.9. The first-order valence-corrected chi connectivity index (χ1v) is 22.5. The molecule has 3 heterocycles. The summed E-state index contributed by atoms with van der Waals surface area (Å²) >= 11 is 0. The van der Waals surface area contributed by atoms with Crippen LogP contribution in [0, 0.1) is 5.92 Å². The van der Waals surface area contributed by atoms with Crippen LogP contribution < -0.4 is 26.8 Å². The van der Waals surface area contributed by atoms with Gasteiger partial charge in [0, 0.05) is 13.0 Å². The molecule has 342 valence electrons. The minimum atomic E-state index is -5.19. The number of halogens is 3. The van der Waals surface area contributed by atoms with Crippen LogP contribution in [0.5, 0.6) is 0 Å². The van der Waals surface area contributed by atoms with E-state index in [0.29, 0.717) is 38.2 Å². The van der Waals surface area contributed by atoms with Gasteiger partial charge in [0.15, 0.2) is 0 Å². The Bertz CT molecular complexity index is 1270. The predicted molar refractivity (Wildman–Crippen MR) is 219 cm³/mol. The van der Waals surface area contributed by atoms with Crippen molar-refractivity contribution >= 4 is 23.8 Å². The van der Waals surface area contributed by atoms with Crippen LogP contribution in [-0.2, 0) is 19.1 Å². The number of nitrogens with one attached hydrogen (secondary N) is 3. The Morgan fingerprint density at radius 3 is 2.10 bits per heavy atom. The number of hydrogen-bond donors (Lipinski definition) is 7.